The Morgan fingerprint density at radius 3 is 2.52 bits per heavy atom. The number of aryl methyl sites for hydroxylation is 1. The third kappa shape index (κ3) is 6.67. The number of aromatic nitrogens is 1. The lowest BCUT2D eigenvalue weighted by Crippen LogP contribution is -2.42. The molecule has 31 heavy (non-hydrogen) atoms. The van der Waals surface area contributed by atoms with Crippen LogP contribution in [-0.2, 0) is 4.74 Å². The molecule has 0 fully saturated rings. The summed E-state index contributed by atoms with van der Waals surface area (Å²) in [5.74, 6) is 1.17. The lowest BCUT2D eigenvalue weighted by molar-refractivity contribution is 0.0531. The van der Waals surface area contributed by atoms with Crippen LogP contribution in [0.1, 0.15) is 51.9 Å². The van der Waals surface area contributed by atoms with Gasteiger partial charge in [0.05, 0.1) is 31.5 Å². The first-order valence-electron chi connectivity index (χ1n) is 10.2. The van der Waals surface area contributed by atoms with Crippen LogP contribution in [0.3, 0.4) is 0 Å². The van der Waals surface area contributed by atoms with Gasteiger partial charge in [-0.15, -0.1) is 11.3 Å². The molecule has 0 amide bonds. The topological polar surface area (TPSA) is 88.1 Å². The molecule has 0 aliphatic carbocycles. The van der Waals surface area contributed by atoms with Crippen LogP contribution in [0.15, 0.2) is 29.3 Å². The molecule has 0 saturated carbocycles. The van der Waals surface area contributed by atoms with Crippen LogP contribution in [0, 0.1) is 6.92 Å². The van der Waals surface area contributed by atoms with E-state index in [-0.39, 0.29) is 18.1 Å². The molecule has 0 bridgehead atoms. The SMILES string of the molecule is CCOC(=O)c1sc(C(C)NC(=NC)NCC(c2ccc(OC)cc2)N(C)C)nc1C. The van der Waals surface area contributed by atoms with E-state index in [9.17, 15) is 4.79 Å². The largest absolute Gasteiger partial charge is 0.497 e. The molecule has 0 saturated heterocycles. The number of hydrogen-bond donors (Lipinski definition) is 2. The zero-order valence-electron chi connectivity index (χ0n) is 19.4. The second-order valence-electron chi connectivity index (χ2n) is 7.26. The Morgan fingerprint density at radius 1 is 1.29 bits per heavy atom. The van der Waals surface area contributed by atoms with Crippen molar-refractivity contribution in [2.45, 2.75) is 32.9 Å². The molecule has 0 radical (unpaired) electrons. The van der Waals surface area contributed by atoms with Crippen LogP contribution in [0.5, 0.6) is 5.75 Å². The molecular weight excluding hydrogens is 414 g/mol. The number of rotatable bonds is 9. The van der Waals surface area contributed by atoms with Gasteiger partial charge in [-0.25, -0.2) is 9.78 Å². The summed E-state index contributed by atoms with van der Waals surface area (Å²) in [4.78, 5) is 23.7. The summed E-state index contributed by atoms with van der Waals surface area (Å²) in [5, 5.41) is 7.56. The van der Waals surface area contributed by atoms with Gasteiger partial charge in [-0.05, 0) is 52.6 Å². The van der Waals surface area contributed by atoms with Gasteiger partial charge in [0.2, 0.25) is 0 Å². The van der Waals surface area contributed by atoms with E-state index < -0.39 is 0 Å². The lowest BCUT2D eigenvalue weighted by atomic mass is 10.1. The van der Waals surface area contributed by atoms with Crippen molar-refractivity contribution < 1.29 is 14.3 Å². The smallest absolute Gasteiger partial charge is 0.350 e. The van der Waals surface area contributed by atoms with Crippen molar-refractivity contribution in [3.8, 4) is 5.75 Å². The van der Waals surface area contributed by atoms with Crippen molar-refractivity contribution in [3.05, 3.63) is 45.4 Å². The van der Waals surface area contributed by atoms with Crippen LogP contribution in [0.25, 0.3) is 0 Å². The van der Waals surface area contributed by atoms with Gasteiger partial charge < -0.3 is 25.0 Å². The number of guanidine groups is 1. The summed E-state index contributed by atoms with van der Waals surface area (Å²) in [5.41, 5.74) is 1.86. The first-order chi connectivity index (χ1) is 14.8. The van der Waals surface area contributed by atoms with Crippen molar-refractivity contribution in [2.24, 2.45) is 4.99 Å². The number of methoxy groups -OCH3 is 1. The van der Waals surface area contributed by atoms with Crippen LogP contribution in [0.4, 0.5) is 0 Å². The predicted molar refractivity (Wildman–Crippen MR) is 125 cm³/mol. The van der Waals surface area contributed by atoms with Crippen LogP contribution in [-0.4, -0.2) is 63.2 Å². The summed E-state index contributed by atoms with van der Waals surface area (Å²) in [6, 6.07) is 8.10. The fourth-order valence-electron chi connectivity index (χ4n) is 3.07. The minimum Gasteiger partial charge on any atom is -0.497 e. The normalized spacial score (nSPS) is 13.6. The Kier molecular flexibility index (Phi) is 9.26. The standard InChI is InChI=1S/C22H33N5O3S/c1-8-30-21(28)19-14(2)25-20(31-19)15(3)26-22(23-4)24-13-18(27(5)6)16-9-11-17(29-7)12-10-16/h9-12,15,18H,8,13H2,1-7H3,(H2,23,24,26). The maximum atomic E-state index is 12.1. The van der Waals surface area contributed by atoms with E-state index >= 15 is 0 Å². The van der Waals surface area contributed by atoms with Gasteiger partial charge in [0.15, 0.2) is 5.96 Å². The third-order valence-electron chi connectivity index (χ3n) is 4.81. The van der Waals surface area contributed by atoms with E-state index in [2.05, 4.69) is 37.6 Å². The van der Waals surface area contributed by atoms with Gasteiger partial charge in [-0.1, -0.05) is 12.1 Å². The average molecular weight is 448 g/mol. The van der Waals surface area contributed by atoms with Crippen molar-refractivity contribution in [1.82, 2.24) is 20.5 Å². The Balaban J connectivity index is 2.03. The first-order valence-corrected chi connectivity index (χ1v) is 11.0. The maximum absolute atomic E-state index is 12.1. The van der Waals surface area contributed by atoms with Gasteiger partial charge in [0, 0.05) is 13.6 Å². The summed E-state index contributed by atoms with van der Waals surface area (Å²) in [6.07, 6.45) is 0. The van der Waals surface area contributed by atoms with Gasteiger partial charge in [-0.2, -0.15) is 0 Å². The number of nitrogens with one attached hydrogen (secondary N) is 2. The molecule has 2 N–H and O–H groups in total. The zero-order chi connectivity index (χ0) is 23.0. The Bertz CT molecular complexity index is 880. The minimum atomic E-state index is -0.327. The van der Waals surface area contributed by atoms with Crippen molar-refractivity contribution >= 4 is 23.3 Å². The minimum absolute atomic E-state index is 0.114. The summed E-state index contributed by atoms with van der Waals surface area (Å²) >= 11 is 1.35. The number of carbonyl (C=O) groups excluding carboxylic acids is 1. The molecule has 9 heteroatoms. The third-order valence-corrected chi connectivity index (χ3v) is 6.13. The number of benzene rings is 1. The highest BCUT2D eigenvalue weighted by molar-refractivity contribution is 7.13. The fraction of sp³-hybridized carbons (Fsp3) is 0.500. The van der Waals surface area contributed by atoms with Crippen LogP contribution >= 0.6 is 11.3 Å². The molecule has 1 aromatic heterocycles. The molecule has 1 aromatic carbocycles. The second-order valence-corrected chi connectivity index (χ2v) is 8.29. The molecule has 2 aromatic rings. The number of ether oxygens (including phenoxy) is 2. The molecule has 2 unspecified atom stereocenters. The van der Waals surface area contributed by atoms with E-state index in [1.807, 2.05) is 40.1 Å². The lowest BCUT2D eigenvalue weighted by Gasteiger charge is -2.26. The molecule has 170 valence electrons. The molecule has 0 aliphatic heterocycles. The molecule has 0 spiro atoms. The number of thiazole rings is 1. The highest BCUT2D eigenvalue weighted by Crippen LogP contribution is 2.24. The van der Waals surface area contributed by atoms with Crippen LogP contribution < -0.4 is 15.4 Å². The summed E-state index contributed by atoms with van der Waals surface area (Å²) in [6.45, 7) is 6.62. The molecule has 0 aliphatic rings. The monoisotopic (exact) mass is 447 g/mol. The average Bonchev–Trinajstić information content (AvgIpc) is 3.15. The van der Waals surface area contributed by atoms with Crippen molar-refractivity contribution in [3.63, 3.8) is 0 Å². The van der Waals surface area contributed by atoms with E-state index in [4.69, 9.17) is 9.47 Å². The van der Waals surface area contributed by atoms with Gasteiger partial charge in [-0.3, -0.25) is 4.99 Å². The quantitative estimate of drug-likeness (QED) is 0.347. The molecule has 1 heterocycles. The number of nitrogens with zero attached hydrogens (tertiary/aromatic N) is 3. The van der Waals surface area contributed by atoms with Gasteiger partial charge >= 0.3 is 5.97 Å². The molecular formula is C22H33N5O3S. The van der Waals surface area contributed by atoms with Crippen molar-refractivity contribution in [2.75, 3.05) is 41.4 Å². The second kappa shape index (κ2) is 11.7. The summed E-state index contributed by atoms with van der Waals surface area (Å²) < 4.78 is 10.4. The van der Waals surface area contributed by atoms with E-state index in [1.165, 1.54) is 16.9 Å². The van der Waals surface area contributed by atoms with E-state index in [0.717, 1.165) is 10.8 Å². The van der Waals surface area contributed by atoms with E-state index in [0.29, 0.717) is 29.7 Å². The highest BCUT2D eigenvalue weighted by atomic mass is 32.1. The number of likely N-dealkylation sites (N-methyl/N-ethyl adjacent to an activating group) is 1. The predicted octanol–water partition coefficient (Wildman–Crippen LogP) is 3.17. The first kappa shape index (κ1) is 24.6. The number of esters is 1. The van der Waals surface area contributed by atoms with Gasteiger partial charge in [0.25, 0.3) is 0 Å². The Morgan fingerprint density at radius 2 is 1.97 bits per heavy atom. The molecule has 8 nitrogen and oxygen atoms in total. The van der Waals surface area contributed by atoms with Crippen LogP contribution in [0.2, 0.25) is 0 Å². The number of hydrogen-bond acceptors (Lipinski definition) is 7. The maximum Gasteiger partial charge on any atom is 0.350 e. The van der Waals surface area contributed by atoms with Crippen molar-refractivity contribution in [1.29, 1.82) is 0 Å². The van der Waals surface area contributed by atoms with E-state index in [1.54, 1.807) is 21.1 Å². The van der Waals surface area contributed by atoms with Gasteiger partial charge in [0.1, 0.15) is 15.6 Å². The highest BCUT2D eigenvalue weighted by Gasteiger charge is 2.21. The summed E-state index contributed by atoms with van der Waals surface area (Å²) in [7, 11) is 7.49. The Hall–Kier alpha value is -2.65. The Labute approximate surface area is 188 Å². The number of carbonyl (C=O) groups is 1. The number of aliphatic imine (C=N–C) groups is 1. The zero-order valence-corrected chi connectivity index (χ0v) is 20.2. The molecule has 2 rings (SSSR count). The fourth-order valence-corrected chi connectivity index (χ4v) is 4.03. The molecule has 2 atom stereocenters.